The highest BCUT2D eigenvalue weighted by Gasteiger charge is 2.46. The average molecular weight is 302 g/mol. The largest absolute Gasteiger partial charge is 0.340 e. The summed E-state index contributed by atoms with van der Waals surface area (Å²) in [4.78, 5) is 17.4. The Bertz CT molecular complexity index is 541. The van der Waals surface area contributed by atoms with E-state index < -0.39 is 0 Å². The first-order chi connectivity index (χ1) is 10.7. The first-order valence-corrected chi connectivity index (χ1v) is 8.74. The molecule has 2 aliphatic carbocycles. The van der Waals surface area contributed by atoms with E-state index in [0.717, 1.165) is 38.6 Å². The lowest BCUT2D eigenvalue weighted by Crippen LogP contribution is -2.51. The molecule has 2 atom stereocenters. The molecule has 1 saturated heterocycles. The van der Waals surface area contributed by atoms with Gasteiger partial charge in [-0.1, -0.05) is 12.8 Å². The molecule has 120 valence electrons. The van der Waals surface area contributed by atoms with E-state index in [1.54, 1.807) is 0 Å². The number of carbonyl (C=O) groups excluding carboxylic acids is 1. The average Bonchev–Trinajstić information content (AvgIpc) is 2.95. The minimum absolute atomic E-state index is 0.210. The first kappa shape index (κ1) is 14.2. The summed E-state index contributed by atoms with van der Waals surface area (Å²) in [6.45, 7) is 3.98. The Labute approximate surface area is 132 Å². The van der Waals surface area contributed by atoms with Gasteiger partial charge in [-0.2, -0.15) is 5.10 Å². The van der Waals surface area contributed by atoms with Gasteiger partial charge < -0.3 is 4.90 Å². The number of piperazine rings is 1. The predicted molar refractivity (Wildman–Crippen MR) is 84.5 cm³/mol. The molecule has 1 aromatic rings. The van der Waals surface area contributed by atoms with Crippen molar-refractivity contribution in [3.05, 3.63) is 18.0 Å². The number of aromatic nitrogens is 2. The van der Waals surface area contributed by atoms with Gasteiger partial charge in [0.2, 0.25) is 5.91 Å². The Morgan fingerprint density at radius 3 is 2.55 bits per heavy atom. The van der Waals surface area contributed by atoms with E-state index in [9.17, 15) is 4.79 Å². The van der Waals surface area contributed by atoms with Gasteiger partial charge in [0.15, 0.2) is 0 Å². The van der Waals surface area contributed by atoms with Gasteiger partial charge in [0.05, 0.1) is 6.20 Å². The fourth-order valence-corrected chi connectivity index (χ4v) is 4.28. The second-order valence-electron chi connectivity index (χ2n) is 7.20. The molecule has 0 N–H and O–H groups in total. The summed E-state index contributed by atoms with van der Waals surface area (Å²) in [7, 11) is 1.94. The van der Waals surface area contributed by atoms with Crippen molar-refractivity contribution < 1.29 is 4.79 Å². The van der Waals surface area contributed by atoms with E-state index in [-0.39, 0.29) is 5.92 Å². The van der Waals surface area contributed by atoms with Crippen molar-refractivity contribution >= 4 is 5.91 Å². The Hall–Kier alpha value is -1.36. The normalized spacial score (nSPS) is 30.0. The fraction of sp³-hybridized carbons (Fsp3) is 0.765. The van der Waals surface area contributed by atoms with E-state index in [2.05, 4.69) is 21.1 Å². The lowest BCUT2D eigenvalue weighted by molar-refractivity contribution is -0.134. The summed E-state index contributed by atoms with van der Waals surface area (Å²) < 4.78 is 1.83. The Balaban J connectivity index is 1.30. The zero-order valence-electron chi connectivity index (χ0n) is 13.4. The molecule has 0 spiro atoms. The number of aryl methyl sites for hydroxylation is 1. The molecule has 4 rings (SSSR count). The van der Waals surface area contributed by atoms with Crippen LogP contribution in [0, 0.1) is 5.92 Å². The van der Waals surface area contributed by atoms with Crippen molar-refractivity contribution in [1.82, 2.24) is 19.6 Å². The van der Waals surface area contributed by atoms with Crippen molar-refractivity contribution in [2.24, 2.45) is 13.0 Å². The maximum Gasteiger partial charge on any atom is 0.226 e. The number of amides is 1. The monoisotopic (exact) mass is 302 g/mol. The molecule has 0 radical (unpaired) electrons. The maximum absolute atomic E-state index is 12.7. The Kier molecular flexibility index (Phi) is 3.68. The van der Waals surface area contributed by atoms with Gasteiger partial charge in [0.25, 0.3) is 0 Å². The molecule has 2 heterocycles. The summed E-state index contributed by atoms with van der Waals surface area (Å²) in [6, 6.07) is 0.793. The van der Waals surface area contributed by atoms with Gasteiger partial charge in [0, 0.05) is 51.4 Å². The van der Waals surface area contributed by atoms with Crippen LogP contribution in [0.4, 0.5) is 0 Å². The zero-order chi connectivity index (χ0) is 15.1. The second-order valence-corrected chi connectivity index (χ2v) is 7.20. The summed E-state index contributed by atoms with van der Waals surface area (Å²) in [5, 5.41) is 4.22. The summed E-state index contributed by atoms with van der Waals surface area (Å²) in [5.74, 6) is 0.996. The predicted octanol–water partition coefficient (Wildman–Crippen LogP) is 1.61. The first-order valence-electron chi connectivity index (χ1n) is 8.74. The molecule has 0 unspecified atom stereocenters. The molecule has 3 fully saturated rings. The van der Waals surface area contributed by atoms with Gasteiger partial charge in [0.1, 0.15) is 0 Å². The standard InChI is InChI=1S/C17H26N4O/c1-19-12-13(11-18-19)15-10-16(15)17(22)21-8-6-20(7-9-21)14-4-2-3-5-14/h11-12,14-16H,2-10H2,1H3/t15-,16+/m1/s1. The highest BCUT2D eigenvalue weighted by atomic mass is 16.2. The van der Waals surface area contributed by atoms with Crippen LogP contribution in [0.25, 0.3) is 0 Å². The molecule has 5 heteroatoms. The van der Waals surface area contributed by atoms with E-state index in [1.807, 2.05) is 17.9 Å². The van der Waals surface area contributed by atoms with Gasteiger partial charge in [-0.15, -0.1) is 0 Å². The van der Waals surface area contributed by atoms with Gasteiger partial charge in [-0.25, -0.2) is 0 Å². The number of rotatable bonds is 3. The van der Waals surface area contributed by atoms with Crippen LogP contribution in [0.2, 0.25) is 0 Å². The van der Waals surface area contributed by atoms with Gasteiger partial charge in [-0.3, -0.25) is 14.4 Å². The molecule has 2 saturated carbocycles. The summed E-state index contributed by atoms with van der Waals surface area (Å²) >= 11 is 0. The van der Waals surface area contributed by atoms with E-state index >= 15 is 0 Å². The second kappa shape index (κ2) is 5.69. The molecule has 0 bridgehead atoms. The summed E-state index contributed by atoms with van der Waals surface area (Å²) in [5.41, 5.74) is 1.23. The third-order valence-corrected chi connectivity index (χ3v) is 5.73. The highest BCUT2D eigenvalue weighted by Crippen LogP contribution is 2.48. The van der Waals surface area contributed by atoms with Crippen molar-refractivity contribution in [3.8, 4) is 0 Å². The molecular formula is C17H26N4O. The Morgan fingerprint density at radius 1 is 1.18 bits per heavy atom. The van der Waals surface area contributed by atoms with Crippen molar-refractivity contribution in [2.45, 2.75) is 44.1 Å². The van der Waals surface area contributed by atoms with Crippen LogP contribution in [-0.4, -0.2) is 57.7 Å². The topological polar surface area (TPSA) is 41.4 Å². The highest BCUT2D eigenvalue weighted by molar-refractivity contribution is 5.83. The van der Waals surface area contributed by atoms with Gasteiger partial charge >= 0.3 is 0 Å². The zero-order valence-corrected chi connectivity index (χ0v) is 13.4. The molecule has 1 amide bonds. The van der Waals surface area contributed by atoms with Crippen molar-refractivity contribution in [2.75, 3.05) is 26.2 Å². The van der Waals surface area contributed by atoms with Crippen LogP contribution in [0.15, 0.2) is 12.4 Å². The van der Waals surface area contributed by atoms with Crippen LogP contribution >= 0.6 is 0 Å². The molecule has 0 aromatic carbocycles. The van der Waals surface area contributed by atoms with E-state index in [4.69, 9.17) is 0 Å². The smallest absolute Gasteiger partial charge is 0.226 e. The third-order valence-electron chi connectivity index (χ3n) is 5.73. The quantitative estimate of drug-likeness (QED) is 0.852. The summed E-state index contributed by atoms with van der Waals surface area (Å²) in [6.07, 6.45) is 10.5. The third kappa shape index (κ3) is 2.67. The van der Waals surface area contributed by atoms with Crippen molar-refractivity contribution in [1.29, 1.82) is 0 Å². The molecule has 5 nitrogen and oxygen atoms in total. The molecular weight excluding hydrogens is 276 g/mol. The number of carbonyl (C=O) groups is 1. The van der Waals surface area contributed by atoms with Crippen LogP contribution < -0.4 is 0 Å². The van der Waals surface area contributed by atoms with Crippen LogP contribution in [0.3, 0.4) is 0 Å². The Morgan fingerprint density at radius 2 is 1.91 bits per heavy atom. The molecule has 22 heavy (non-hydrogen) atoms. The van der Waals surface area contributed by atoms with Gasteiger partial charge in [-0.05, 0) is 30.7 Å². The van der Waals surface area contributed by atoms with Crippen molar-refractivity contribution in [3.63, 3.8) is 0 Å². The van der Waals surface area contributed by atoms with Crippen LogP contribution in [-0.2, 0) is 11.8 Å². The number of nitrogens with zero attached hydrogens (tertiary/aromatic N) is 4. The molecule has 1 aliphatic heterocycles. The number of hydrogen-bond acceptors (Lipinski definition) is 3. The van der Waals surface area contributed by atoms with Crippen LogP contribution in [0.1, 0.15) is 43.6 Å². The lowest BCUT2D eigenvalue weighted by Gasteiger charge is -2.38. The number of hydrogen-bond donors (Lipinski definition) is 0. The molecule has 1 aromatic heterocycles. The maximum atomic E-state index is 12.7. The van der Waals surface area contributed by atoms with E-state index in [1.165, 1.54) is 31.2 Å². The minimum Gasteiger partial charge on any atom is -0.340 e. The van der Waals surface area contributed by atoms with E-state index in [0.29, 0.717) is 11.8 Å². The minimum atomic E-state index is 0.210. The SMILES string of the molecule is Cn1cc([C@H]2C[C@@H]2C(=O)N2CCN(C3CCCC3)CC2)cn1. The van der Waals surface area contributed by atoms with Crippen LogP contribution in [0.5, 0.6) is 0 Å². The molecule has 3 aliphatic rings. The lowest BCUT2D eigenvalue weighted by atomic mass is 10.1. The fourth-order valence-electron chi connectivity index (χ4n) is 4.28.